The number of hydrogen-bond acceptors (Lipinski definition) is 4. The van der Waals surface area contributed by atoms with Gasteiger partial charge in [0.25, 0.3) is 5.56 Å². The van der Waals surface area contributed by atoms with Crippen LogP contribution in [0.5, 0.6) is 0 Å². The number of nitrogens with zero attached hydrogens (tertiary/aromatic N) is 2. The molecule has 4 rings (SSSR count). The van der Waals surface area contributed by atoms with Crippen LogP contribution in [0.15, 0.2) is 47.4 Å². The number of rotatable bonds is 3. The Balaban J connectivity index is 1.85. The second-order valence-electron chi connectivity index (χ2n) is 6.79. The number of H-pyrrole nitrogens is 2. The number of likely N-dealkylation sites (tertiary alicyclic amines) is 1. The van der Waals surface area contributed by atoms with Gasteiger partial charge in [-0.2, -0.15) is 0 Å². The van der Waals surface area contributed by atoms with Crippen LogP contribution >= 0.6 is 12.2 Å². The van der Waals surface area contributed by atoms with Crippen LogP contribution in [0.4, 0.5) is 0 Å². The van der Waals surface area contributed by atoms with Crippen LogP contribution in [0, 0.1) is 4.64 Å². The molecule has 2 unspecified atom stereocenters. The molecule has 140 valence electrons. The largest absolute Gasteiger partial charge is 0.391 e. The molecule has 1 fully saturated rings. The van der Waals surface area contributed by atoms with Crippen molar-refractivity contribution in [3.05, 3.63) is 63.2 Å². The third kappa shape index (κ3) is 3.22. The van der Waals surface area contributed by atoms with Crippen molar-refractivity contribution in [2.24, 2.45) is 0 Å². The number of aromatic amines is 2. The number of benzene rings is 1. The summed E-state index contributed by atoms with van der Waals surface area (Å²) in [7, 11) is 0. The predicted octanol–water partition coefficient (Wildman–Crippen LogP) is 1.96. The van der Waals surface area contributed by atoms with E-state index in [9.17, 15) is 14.7 Å². The van der Waals surface area contributed by atoms with Gasteiger partial charge in [0.15, 0.2) is 0 Å². The van der Waals surface area contributed by atoms with Crippen molar-refractivity contribution in [3.8, 4) is 0 Å². The van der Waals surface area contributed by atoms with E-state index >= 15 is 0 Å². The number of aliphatic hydroxyl groups excluding tert-OH is 1. The summed E-state index contributed by atoms with van der Waals surface area (Å²) < 4.78 is 1.97. The molecule has 1 aliphatic heterocycles. The summed E-state index contributed by atoms with van der Waals surface area (Å²) in [6, 6.07) is 10.4. The topological polar surface area (TPSA) is 94.1 Å². The van der Waals surface area contributed by atoms with Gasteiger partial charge >= 0.3 is 0 Å². The molecule has 3 N–H and O–H groups in total. The van der Waals surface area contributed by atoms with Gasteiger partial charge in [0.2, 0.25) is 5.91 Å². The van der Waals surface area contributed by atoms with E-state index in [1.54, 1.807) is 21.7 Å². The van der Waals surface area contributed by atoms with Crippen LogP contribution in [-0.4, -0.2) is 49.9 Å². The Morgan fingerprint density at radius 3 is 2.74 bits per heavy atom. The maximum Gasteiger partial charge on any atom is 0.274 e. The Bertz CT molecular complexity index is 1090. The van der Waals surface area contributed by atoms with E-state index in [2.05, 4.69) is 10.2 Å². The summed E-state index contributed by atoms with van der Waals surface area (Å²) in [6.45, 7) is 0.905. The highest BCUT2D eigenvalue weighted by atomic mass is 32.1. The van der Waals surface area contributed by atoms with Gasteiger partial charge in [-0.15, -0.1) is 0 Å². The number of carbonyl (C=O) groups is 1. The Labute approximate surface area is 160 Å². The van der Waals surface area contributed by atoms with Gasteiger partial charge in [-0.05, 0) is 24.5 Å². The monoisotopic (exact) mass is 384 g/mol. The molecule has 7 nitrogen and oxygen atoms in total. The van der Waals surface area contributed by atoms with Crippen molar-refractivity contribution in [3.63, 3.8) is 0 Å². The molecule has 2 aromatic heterocycles. The summed E-state index contributed by atoms with van der Waals surface area (Å²) in [5.74, 6) is -0.137. The van der Waals surface area contributed by atoms with E-state index in [4.69, 9.17) is 12.2 Å². The van der Waals surface area contributed by atoms with E-state index in [0.717, 1.165) is 12.0 Å². The van der Waals surface area contributed by atoms with Gasteiger partial charge in [-0.1, -0.05) is 42.5 Å². The number of hydrogen-bond donors (Lipinski definition) is 3. The number of piperidine rings is 1. The SMILES string of the molecule is O=C(C(c1ccccc1)n1ccc2[nH][nH]c(=O)c2c1=S)N1CCCC(O)C1. The first-order valence-electron chi connectivity index (χ1n) is 8.89. The van der Waals surface area contributed by atoms with Gasteiger partial charge < -0.3 is 14.6 Å². The third-order valence-electron chi connectivity index (χ3n) is 4.99. The highest BCUT2D eigenvalue weighted by molar-refractivity contribution is 7.71. The molecule has 0 aliphatic carbocycles. The van der Waals surface area contributed by atoms with Crippen molar-refractivity contribution in [1.29, 1.82) is 0 Å². The van der Waals surface area contributed by atoms with Crippen LogP contribution in [-0.2, 0) is 4.79 Å². The van der Waals surface area contributed by atoms with Gasteiger partial charge in [0, 0.05) is 19.3 Å². The van der Waals surface area contributed by atoms with Crippen molar-refractivity contribution in [2.75, 3.05) is 13.1 Å². The zero-order chi connectivity index (χ0) is 19.0. The maximum atomic E-state index is 13.4. The fourth-order valence-electron chi connectivity index (χ4n) is 3.65. The fraction of sp³-hybridized carbons (Fsp3) is 0.316. The molecule has 3 aromatic rings. The number of nitrogens with one attached hydrogen (secondary N) is 2. The number of β-amino-alcohol motifs (C(OH)–C–C–N with tert-alkyl or cyclic N) is 1. The summed E-state index contributed by atoms with van der Waals surface area (Å²) >= 11 is 5.56. The lowest BCUT2D eigenvalue weighted by atomic mass is 10.0. The first-order chi connectivity index (χ1) is 13.1. The zero-order valence-electron chi connectivity index (χ0n) is 14.6. The van der Waals surface area contributed by atoms with Gasteiger partial charge in [0.1, 0.15) is 16.1 Å². The summed E-state index contributed by atoms with van der Waals surface area (Å²) in [4.78, 5) is 27.2. The molecule has 0 bridgehead atoms. The van der Waals surface area contributed by atoms with E-state index in [-0.39, 0.29) is 11.5 Å². The predicted molar refractivity (Wildman–Crippen MR) is 104 cm³/mol. The minimum Gasteiger partial charge on any atom is -0.391 e. The van der Waals surface area contributed by atoms with Gasteiger partial charge in [0.05, 0.1) is 11.6 Å². The quantitative estimate of drug-likeness (QED) is 0.602. The Kier molecular flexibility index (Phi) is 4.67. The second kappa shape index (κ2) is 7.13. The number of aliphatic hydroxyl groups is 1. The lowest BCUT2D eigenvalue weighted by molar-refractivity contribution is -0.136. The van der Waals surface area contributed by atoms with Gasteiger partial charge in [-0.3, -0.25) is 19.8 Å². The van der Waals surface area contributed by atoms with Crippen molar-refractivity contribution >= 4 is 29.0 Å². The molecule has 0 radical (unpaired) electrons. The lowest BCUT2D eigenvalue weighted by Gasteiger charge is -2.33. The Morgan fingerprint density at radius 1 is 1.22 bits per heavy atom. The minimum atomic E-state index is -0.692. The molecule has 1 aliphatic rings. The molecule has 1 saturated heterocycles. The molecule has 1 aromatic carbocycles. The summed E-state index contributed by atoms with van der Waals surface area (Å²) in [6.07, 6.45) is 2.67. The number of carbonyl (C=O) groups excluding carboxylic acids is 1. The van der Waals surface area contributed by atoms with E-state index < -0.39 is 12.1 Å². The number of aromatic nitrogens is 3. The Hall–Kier alpha value is -2.71. The molecule has 0 saturated carbocycles. The molecular weight excluding hydrogens is 364 g/mol. The number of fused-ring (bicyclic) bond motifs is 1. The van der Waals surface area contributed by atoms with Crippen molar-refractivity contribution in [2.45, 2.75) is 25.0 Å². The van der Waals surface area contributed by atoms with Crippen LogP contribution in [0.25, 0.3) is 10.9 Å². The highest BCUT2D eigenvalue weighted by Gasteiger charge is 2.31. The smallest absolute Gasteiger partial charge is 0.274 e. The van der Waals surface area contributed by atoms with E-state index in [0.29, 0.717) is 35.1 Å². The molecule has 2 atom stereocenters. The second-order valence-corrected chi connectivity index (χ2v) is 7.18. The molecule has 1 amide bonds. The average Bonchev–Trinajstić information content (AvgIpc) is 3.06. The van der Waals surface area contributed by atoms with Crippen LogP contribution in [0.2, 0.25) is 0 Å². The van der Waals surface area contributed by atoms with E-state index in [1.807, 2.05) is 30.3 Å². The first-order valence-corrected chi connectivity index (χ1v) is 9.30. The minimum absolute atomic E-state index is 0.137. The summed E-state index contributed by atoms with van der Waals surface area (Å²) in [5, 5.41) is 15.7. The molecule has 3 heterocycles. The normalized spacial score (nSPS) is 18.6. The van der Waals surface area contributed by atoms with Crippen molar-refractivity contribution < 1.29 is 9.90 Å². The van der Waals surface area contributed by atoms with Crippen LogP contribution in [0.3, 0.4) is 0 Å². The highest BCUT2D eigenvalue weighted by Crippen LogP contribution is 2.25. The average molecular weight is 384 g/mol. The van der Waals surface area contributed by atoms with Crippen LogP contribution in [0.1, 0.15) is 24.4 Å². The fourth-order valence-corrected chi connectivity index (χ4v) is 4.02. The van der Waals surface area contributed by atoms with Crippen molar-refractivity contribution in [1.82, 2.24) is 19.7 Å². The zero-order valence-corrected chi connectivity index (χ0v) is 15.4. The first kappa shape index (κ1) is 17.7. The lowest BCUT2D eigenvalue weighted by Crippen LogP contribution is -2.45. The van der Waals surface area contributed by atoms with E-state index in [1.165, 1.54) is 0 Å². The number of pyridine rings is 1. The standard InChI is InChI=1S/C19H20N4O3S/c24-13-7-4-9-22(11-13)18(26)16(12-5-2-1-3-6-12)23-10-8-14-15(19(23)27)17(25)21-20-14/h1-3,5-6,8,10,13,16,24H,4,7,9,11H2,(H2,20,21,25). The Morgan fingerprint density at radius 2 is 2.00 bits per heavy atom. The molecule has 8 heteroatoms. The molecule has 27 heavy (non-hydrogen) atoms. The van der Waals surface area contributed by atoms with Gasteiger partial charge in [-0.25, -0.2) is 0 Å². The maximum absolute atomic E-state index is 13.4. The third-order valence-corrected chi connectivity index (χ3v) is 5.41. The summed E-state index contributed by atoms with van der Waals surface area (Å²) in [5.41, 5.74) is 1.08. The number of amides is 1. The molecular formula is C19H20N4O3S. The molecule has 0 spiro atoms. The van der Waals surface area contributed by atoms with Crippen LogP contribution < -0.4 is 5.56 Å².